The quantitative estimate of drug-likeness (QED) is 0.154. The van der Waals surface area contributed by atoms with Crippen LogP contribution in [0.2, 0.25) is 13.1 Å². The van der Waals surface area contributed by atoms with Crippen molar-refractivity contribution >= 4 is 74.5 Å². The van der Waals surface area contributed by atoms with Crippen molar-refractivity contribution in [2.24, 2.45) is 0 Å². The first-order valence-electron chi connectivity index (χ1n) is 18.6. The molecule has 10 rings (SSSR count). The van der Waals surface area contributed by atoms with Crippen molar-refractivity contribution in [3.8, 4) is 22.3 Å². The highest BCUT2D eigenvalue weighted by atomic mass is 28.3. The Bertz CT molecular complexity index is 2810. The summed E-state index contributed by atoms with van der Waals surface area (Å²) in [4.78, 5) is 4.79. The first-order valence-corrected chi connectivity index (χ1v) is 21.6. The predicted octanol–water partition coefficient (Wildman–Crippen LogP) is 13.0. The van der Waals surface area contributed by atoms with E-state index in [0.29, 0.717) is 0 Å². The van der Waals surface area contributed by atoms with Crippen LogP contribution in [0.1, 0.15) is 0 Å². The van der Waals surface area contributed by atoms with Crippen LogP contribution in [-0.2, 0) is 0 Å². The molecule has 0 radical (unpaired) electrons. The second-order valence-corrected chi connectivity index (χ2v) is 18.9. The summed E-state index contributed by atoms with van der Waals surface area (Å²) < 4.78 is 6.38. The van der Waals surface area contributed by atoms with Crippen molar-refractivity contribution in [2.45, 2.75) is 13.1 Å². The molecule has 8 aromatic carbocycles. The van der Waals surface area contributed by atoms with Gasteiger partial charge in [-0.1, -0.05) is 128 Å². The molecule has 258 valence electrons. The molecule has 0 fully saturated rings. The number of rotatable bonds is 7. The lowest BCUT2D eigenvalue weighted by molar-refractivity contribution is 0.669. The van der Waals surface area contributed by atoms with Crippen molar-refractivity contribution in [3.05, 3.63) is 194 Å². The van der Waals surface area contributed by atoms with Gasteiger partial charge < -0.3 is 14.2 Å². The molecule has 3 nitrogen and oxygen atoms in total. The van der Waals surface area contributed by atoms with Gasteiger partial charge in [0.05, 0.1) is 11.1 Å². The normalized spacial score (nSPS) is 12.8. The van der Waals surface area contributed by atoms with Crippen molar-refractivity contribution in [3.63, 3.8) is 0 Å². The number of furan rings is 1. The van der Waals surface area contributed by atoms with E-state index in [4.69, 9.17) is 4.42 Å². The second-order valence-electron chi connectivity index (χ2n) is 14.6. The predicted molar refractivity (Wildman–Crippen MR) is 231 cm³/mol. The Balaban J connectivity index is 1.15. The Kier molecular flexibility index (Phi) is 7.60. The number of hydrogen-bond acceptors (Lipinski definition) is 3. The zero-order chi connectivity index (χ0) is 36.2. The van der Waals surface area contributed by atoms with Gasteiger partial charge in [0.15, 0.2) is 0 Å². The van der Waals surface area contributed by atoms with E-state index in [0.717, 1.165) is 56.1 Å². The Hall–Kier alpha value is -6.62. The van der Waals surface area contributed by atoms with Crippen LogP contribution in [0.25, 0.3) is 44.2 Å². The minimum Gasteiger partial charge on any atom is -0.456 e. The summed E-state index contributed by atoms with van der Waals surface area (Å²) in [5, 5.41) is 5.17. The van der Waals surface area contributed by atoms with Crippen molar-refractivity contribution in [2.75, 3.05) is 9.80 Å². The number of hydrogen-bond donors (Lipinski definition) is 0. The maximum atomic E-state index is 6.38. The minimum absolute atomic E-state index is 0.886. The van der Waals surface area contributed by atoms with Gasteiger partial charge in [0, 0.05) is 33.8 Å². The number of para-hydroxylation sites is 3. The summed E-state index contributed by atoms with van der Waals surface area (Å²) in [6.45, 7) is 4.98. The highest BCUT2D eigenvalue weighted by molar-refractivity contribution is 7.03. The molecule has 0 bridgehead atoms. The van der Waals surface area contributed by atoms with E-state index in [1.807, 2.05) is 6.07 Å². The van der Waals surface area contributed by atoms with Gasteiger partial charge in [-0.15, -0.1) is 0 Å². The zero-order valence-electron chi connectivity index (χ0n) is 30.3. The fraction of sp³-hybridized carbons (Fsp3) is 0.0400. The summed E-state index contributed by atoms with van der Waals surface area (Å²) in [5.74, 6) is 0. The average molecular weight is 711 g/mol. The first kappa shape index (κ1) is 32.1. The summed E-state index contributed by atoms with van der Waals surface area (Å²) in [6, 6.07) is 70.0. The van der Waals surface area contributed by atoms with E-state index >= 15 is 0 Å². The summed E-state index contributed by atoms with van der Waals surface area (Å²) in [7, 11) is -1.99. The molecule has 0 aliphatic carbocycles. The zero-order valence-corrected chi connectivity index (χ0v) is 31.3. The van der Waals surface area contributed by atoms with Gasteiger partial charge in [-0.3, -0.25) is 0 Å². The lowest BCUT2D eigenvalue weighted by Crippen LogP contribution is -2.49. The second kappa shape index (κ2) is 12.8. The molecular formula is C50H38N2OSi. The monoisotopic (exact) mass is 710 g/mol. The van der Waals surface area contributed by atoms with Crippen molar-refractivity contribution < 1.29 is 4.42 Å². The molecule has 0 atom stereocenters. The highest BCUT2D eigenvalue weighted by Gasteiger charge is 2.38. The SMILES string of the molecule is C[Si]1(C)c2ccc(N(c3ccccc3)c3cccc(-c4ccccc4)c3)cc2-c2cc(N(c3ccccc3)c3cccc4oc5ccccc5c34)ccc21. The standard InChI is InChI=1S/C50H38N2OSi/c1-54(2)48-30-28-40(51(37-19-8-4-9-20-37)39-23-14-18-36(32-39)35-16-6-3-7-17-35)33-43(48)44-34-41(29-31-49(44)54)52(38-21-10-5-11-22-38)45-25-15-27-47-50(45)42-24-12-13-26-46(42)53-47/h3-34H,1-2H3. The molecule has 4 heteroatoms. The molecule has 9 aromatic rings. The first-order chi connectivity index (χ1) is 26.5. The molecule has 1 aliphatic heterocycles. The topological polar surface area (TPSA) is 19.6 Å². The largest absolute Gasteiger partial charge is 0.456 e. The van der Waals surface area contributed by atoms with Gasteiger partial charge in [-0.05, 0) is 111 Å². The van der Waals surface area contributed by atoms with E-state index in [1.165, 1.54) is 32.6 Å². The molecule has 54 heavy (non-hydrogen) atoms. The Morgan fingerprint density at radius 1 is 0.389 bits per heavy atom. The van der Waals surface area contributed by atoms with Gasteiger partial charge in [-0.25, -0.2) is 0 Å². The van der Waals surface area contributed by atoms with Gasteiger partial charge >= 0.3 is 0 Å². The van der Waals surface area contributed by atoms with E-state index in [-0.39, 0.29) is 0 Å². The molecule has 0 unspecified atom stereocenters. The molecule has 2 heterocycles. The van der Waals surface area contributed by atoms with Crippen LogP contribution >= 0.6 is 0 Å². The molecule has 1 aromatic heterocycles. The van der Waals surface area contributed by atoms with E-state index in [9.17, 15) is 0 Å². The molecule has 1 aliphatic rings. The smallest absolute Gasteiger partial charge is 0.137 e. The number of nitrogens with zero attached hydrogens (tertiary/aromatic N) is 2. The van der Waals surface area contributed by atoms with Gasteiger partial charge in [0.2, 0.25) is 0 Å². The lowest BCUT2D eigenvalue weighted by Gasteiger charge is -2.27. The number of fused-ring (bicyclic) bond motifs is 6. The number of anilines is 6. The third-order valence-corrected chi connectivity index (χ3v) is 14.6. The fourth-order valence-electron chi connectivity index (χ4n) is 8.45. The average Bonchev–Trinajstić information content (AvgIpc) is 3.71. The van der Waals surface area contributed by atoms with Crippen molar-refractivity contribution in [1.29, 1.82) is 0 Å². The van der Waals surface area contributed by atoms with Crippen LogP contribution < -0.4 is 20.2 Å². The number of benzene rings is 8. The van der Waals surface area contributed by atoms with Crippen LogP contribution in [0.4, 0.5) is 34.1 Å². The van der Waals surface area contributed by atoms with Gasteiger partial charge in [0.1, 0.15) is 19.2 Å². The third kappa shape index (κ3) is 5.26. The Labute approximate surface area is 317 Å². The maximum absolute atomic E-state index is 6.38. The van der Waals surface area contributed by atoms with Crippen molar-refractivity contribution in [1.82, 2.24) is 0 Å². The molecule has 0 saturated carbocycles. The van der Waals surface area contributed by atoms with E-state index < -0.39 is 8.07 Å². The van der Waals surface area contributed by atoms with Crippen LogP contribution in [0.5, 0.6) is 0 Å². The van der Waals surface area contributed by atoms with Crippen LogP contribution in [0, 0.1) is 0 Å². The molecule has 0 saturated heterocycles. The van der Waals surface area contributed by atoms with Crippen LogP contribution in [0.3, 0.4) is 0 Å². The molecule has 0 amide bonds. The third-order valence-electron chi connectivity index (χ3n) is 11.0. The Morgan fingerprint density at radius 2 is 0.889 bits per heavy atom. The fourth-order valence-corrected chi connectivity index (χ4v) is 11.5. The van der Waals surface area contributed by atoms with Gasteiger partial charge in [0.25, 0.3) is 0 Å². The molecular weight excluding hydrogens is 673 g/mol. The minimum atomic E-state index is -1.99. The Morgan fingerprint density at radius 3 is 1.57 bits per heavy atom. The highest BCUT2D eigenvalue weighted by Crippen LogP contribution is 2.45. The van der Waals surface area contributed by atoms with Crippen LogP contribution in [-0.4, -0.2) is 8.07 Å². The summed E-state index contributed by atoms with van der Waals surface area (Å²) in [5.41, 5.74) is 13.5. The lowest BCUT2D eigenvalue weighted by atomic mass is 10.0. The molecule has 0 spiro atoms. The summed E-state index contributed by atoms with van der Waals surface area (Å²) in [6.07, 6.45) is 0. The summed E-state index contributed by atoms with van der Waals surface area (Å²) >= 11 is 0. The van der Waals surface area contributed by atoms with E-state index in [2.05, 4.69) is 211 Å². The van der Waals surface area contributed by atoms with Gasteiger partial charge in [-0.2, -0.15) is 0 Å². The molecule has 0 N–H and O–H groups in total. The maximum Gasteiger partial charge on any atom is 0.137 e. The van der Waals surface area contributed by atoms with Crippen LogP contribution in [0.15, 0.2) is 199 Å². The van der Waals surface area contributed by atoms with E-state index in [1.54, 1.807) is 0 Å².